The summed E-state index contributed by atoms with van der Waals surface area (Å²) >= 11 is 0. The van der Waals surface area contributed by atoms with Crippen molar-refractivity contribution in [2.75, 3.05) is 7.11 Å². The summed E-state index contributed by atoms with van der Waals surface area (Å²) < 4.78 is 72.2. The first-order chi connectivity index (χ1) is 14.6. The Morgan fingerprint density at radius 1 is 1.06 bits per heavy atom. The first-order valence-corrected chi connectivity index (χ1v) is 10.9. The molecule has 0 bridgehead atoms. The van der Waals surface area contributed by atoms with Crippen molar-refractivity contribution in [1.29, 1.82) is 0 Å². The van der Waals surface area contributed by atoms with Gasteiger partial charge in [-0.1, -0.05) is 30.3 Å². The molecule has 162 valence electrons. The lowest BCUT2D eigenvalue weighted by atomic mass is 10.0. The van der Waals surface area contributed by atoms with Crippen LogP contribution in [-0.4, -0.2) is 25.5 Å². The van der Waals surface area contributed by atoms with Crippen molar-refractivity contribution in [3.63, 3.8) is 0 Å². The average molecular weight is 449 g/mol. The van der Waals surface area contributed by atoms with Gasteiger partial charge in [-0.2, -0.15) is 13.2 Å². The summed E-state index contributed by atoms with van der Waals surface area (Å²) in [6, 6.07) is 10.8. The molecule has 31 heavy (non-hydrogen) atoms. The molecule has 1 heterocycles. The van der Waals surface area contributed by atoms with Crippen molar-refractivity contribution in [3.8, 4) is 11.3 Å². The number of aromatic nitrogens is 1. The van der Waals surface area contributed by atoms with Crippen LogP contribution in [0, 0.1) is 0 Å². The van der Waals surface area contributed by atoms with Crippen LogP contribution in [0.1, 0.15) is 33.5 Å². The molecule has 0 N–H and O–H groups in total. The van der Waals surface area contributed by atoms with E-state index in [9.17, 15) is 26.4 Å². The summed E-state index contributed by atoms with van der Waals surface area (Å²) in [5, 5.41) is 0. The van der Waals surface area contributed by atoms with Crippen molar-refractivity contribution in [3.05, 3.63) is 77.0 Å². The maximum Gasteiger partial charge on any atom is 0.416 e. The fourth-order valence-corrected chi connectivity index (χ4v) is 5.35. The topological polar surface area (TPSA) is 65.4 Å². The summed E-state index contributed by atoms with van der Waals surface area (Å²) in [5.41, 5.74) is 1.33. The van der Waals surface area contributed by atoms with Crippen LogP contribution >= 0.6 is 0 Å². The van der Waals surface area contributed by atoms with Gasteiger partial charge in [0.1, 0.15) is 0 Å². The lowest BCUT2D eigenvalue weighted by molar-refractivity contribution is -0.137. The van der Waals surface area contributed by atoms with Crippen LogP contribution in [0.3, 0.4) is 0 Å². The number of aryl methyl sites for hydroxylation is 1. The molecular formula is C22H18F3NO4S. The number of carbonyl (C=O) groups excluding carboxylic acids is 1. The van der Waals surface area contributed by atoms with E-state index in [-0.39, 0.29) is 11.3 Å². The highest BCUT2D eigenvalue weighted by atomic mass is 32.2. The van der Waals surface area contributed by atoms with Crippen LogP contribution in [0.15, 0.2) is 59.6 Å². The predicted octanol–water partition coefficient (Wildman–Crippen LogP) is 4.69. The Bertz CT molecular complexity index is 1280. The molecule has 2 aromatic carbocycles. The molecule has 0 fully saturated rings. The first kappa shape index (κ1) is 21.2. The van der Waals surface area contributed by atoms with Crippen molar-refractivity contribution in [2.45, 2.75) is 30.3 Å². The smallest absolute Gasteiger partial charge is 0.416 e. The molecule has 0 unspecified atom stereocenters. The SMILES string of the molecule is COC(=O)c1cn(S(=O)(=O)c2cccc(C(F)(F)F)c2)c2c1CCCc1ccccc1-2. The van der Waals surface area contributed by atoms with E-state index >= 15 is 0 Å². The molecule has 3 aromatic rings. The van der Waals surface area contributed by atoms with Crippen molar-refractivity contribution in [1.82, 2.24) is 3.97 Å². The van der Waals surface area contributed by atoms with Crippen LogP contribution in [0.25, 0.3) is 11.3 Å². The third-order valence-corrected chi connectivity index (χ3v) is 7.00. The van der Waals surface area contributed by atoms with E-state index in [0.717, 1.165) is 33.9 Å². The van der Waals surface area contributed by atoms with E-state index in [1.54, 1.807) is 12.1 Å². The summed E-state index contributed by atoms with van der Waals surface area (Å²) in [4.78, 5) is 11.9. The quantitative estimate of drug-likeness (QED) is 0.545. The highest BCUT2D eigenvalue weighted by molar-refractivity contribution is 7.90. The number of methoxy groups -OCH3 is 1. The molecule has 0 saturated heterocycles. The number of benzene rings is 2. The lowest BCUT2D eigenvalue weighted by Gasteiger charge is -2.14. The summed E-state index contributed by atoms with van der Waals surface area (Å²) in [5.74, 6) is -0.700. The molecule has 1 aromatic heterocycles. The predicted molar refractivity (Wildman–Crippen MR) is 107 cm³/mol. The Balaban J connectivity index is 2.01. The number of esters is 1. The van der Waals surface area contributed by atoms with Gasteiger partial charge in [-0.25, -0.2) is 17.2 Å². The van der Waals surface area contributed by atoms with Gasteiger partial charge in [0.05, 0.1) is 28.8 Å². The van der Waals surface area contributed by atoms with Crippen molar-refractivity contribution in [2.24, 2.45) is 0 Å². The molecule has 0 spiro atoms. The van der Waals surface area contributed by atoms with E-state index in [0.29, 0.717) is 36.5 Å². The van der Waals surface area contributed by atoms with Gasteiger partial charge in [-0.15, -0.1) is 0 Å². The first-order valence-electron chi connectivity index (χ1n) is 9.48. The second-order valence-electron chi connectivity index (χ2n) is 7.20. The van der Waals surface area contributed by atoms with Gasteiger partial charge in [0, 0.05) is 11.8 Å². The molecule has 0 radical (unpaired) electrons. The highest BCUT2D eigenvalue weighted by Crippen LogP contribution is 2.38. The van der Waals surface area contributed by atoms with Crippen LogP contribution < -0.4 is 0 Å². The minimum absolute atomic E-state index is 0.0877. The molecule has 1 aliphatic carbocycles. The maximum absolute atomic E-state index is 13.5. The highest BCUT2D eigenvalue weighted by Gasteiger charge is 2.34. The average Bonchev–Trinajstić information content (AvgIpc) is 3.03. The molecule has 0 atom stereocenters. The fourth-order valence-electron chi connectivity index (χ4n) is 3.90. The molecule has 0 aliphatic heterocycles. The maximum atomic E-state index is 13.5. The van der Waals surface area contributed by atoms with Crippen molar-refractivity contribution < 1.29 is 31.1 Å². The van der Waals surface area contributed by atoms with E-state index in [1.807, 2.05) is 12.1 Å². The number of alkyl halides is 3. The van der Waals surface area contributed by atoms with Gasteiger partial charge < -0.3 is 4.74 Å². The Morgan fingerprint density at radius 2 is 1.81 bits per heavy atom. The fraction of sp³-hybridized carbons (Fsp3) is 0.227. The van der Waals surface area contributed by atoms with E-state index in [4.69, 9.17) is 4.74 Å². The van der Waals surface area contributed by atoms with Gasteiger partial charge in [-0.05, 0) is 48.6 Å². The zero-order valence-corrected chi connectivity index (χ0v) is 17.3. The number of ether oxygens (including phenoxy) is 1. The van der Waals surface area contributed by atoms with Gasteiger partial charge in [-0.3, -0.25) is 0 Å². The number of hydrogen-bond donors (Lipinski definition) is 0. The largest absolute Gasteiger partial charge is 0.465 e. The van der Waals surface area contributed by atoms with Crippen LogP contribution in [0.5, 0.6) is 0 Å². The van der Waals surface area contributed by atoms with Gasteiger partial charge in [0.2, 0.25) is 0 Å². The Hall–Kier alpha value is -3.07. The van der Waals surface area contributed by atoms with E-state index in [2.05, 4.69) is 0 Å². The van der Waals surface area contributed by atoms with Gasteiger partial charge >= 0.3 is 12.1 Å². The van der Waals surface area contributed by atoms with E-state index in [1.165, 1.54) is 7.11 Å². The minimum Gasteiger partial charge on any atom is -0.465 e. The zero-order valence-electron chi connectivity index (χ0n) is 16.4. The minimum atomic E-state index is -4.69. The normalized spacial score (nSPS) is 13.8. The van der Waals surface area contributed by atoms with Crippen molar-refractivity contribution >= 4 is 16.0 Å². The second kappa shape index (κ2) is 7.56. The summed E-state index contributed by atoms with van der Waals surface area (Å²) in [6.45, 7) is 0. The Labute approximate surface area is 177 Å². The standard InChI is InChI=1S/C22H18F3NO4S/c1-30-21(27)19-13-26(20-17-10-3-2-6-14(17)7-4-11-18(19)20)31(28,29)16-9-5-8-15(12-16)22(23,24)25/h2-3,5-6,8-10,12-13H,4,7,11H2,1H3. The molecule has 4 rings (SSSR count). The summed E-state index contributed by atoms with van der Waals surface area (Å²) in [6.07, 6.45) is -1.76. The van der Waals surface area contributed by atoms with Crippen LogP contribution in [0.4, 0.5) is 13.2 Å². The number of fused-ring (bicyclic) bond motifs is 3. The van der Waals surface area contributed by atoms with E-state index < -0.39 is 32.6 Å². The molecule has 9 heteroatoms. The Kier molecular flexibility index (Phi) is 5.17. The van der Waals surface area contributed by atoms with Crippen LogP contribution in [0.2, 0.25) is 0 Å². The molecule has 5 nitrogen and oxygen atoms in total. The number of rotatable bonds is 3. The molecular weight excluding hydrogens is 431 g/mol. The Morgan fingerprint density at radius 3 is 2.52 bits per heavy atom. The number of carbonyl (C=O) groups is 1. The lowest BCUT2D eigenvalue weighted by Crippen LogP contribution is -2.15. The second-order valence-corrected chi connectivity index (χ2v) is 9.01. The number of hydrogen-bond acceptors (Lipinski definition) is 4. The number of nitrogens with zero attached hydrogens (tertiary/aromatic N) is 1. The van der Waals surface area contributed by atoms with Crippen LogP contribution in [-0.2, 0) is 33.8 Å². The monoisotopic (exact) mass is 449 g/mol. The van der Waals surface area contributed by atoms with Gasteiger partial charge in [0.25, 0.3) is 10.0 Å². The molecule has 0 saturated carbocycles. The summed E-state index contributed by atoms with van der Waals surface area (Å²) in [7, 11) is -3.24. The zero-order chi connectivity index (χ0) is 22.4. The van der Waals surface area contributed by atoms with Gasteiger partial charge in [0.15, 0.2) is 0 Å². The third kappa shape index (κ3) is 3.63. The third-order valence-electron chi connectivity index (χ3n) is 5.35. The number of halogens is 3. The molecule has 1 aliphatic rings. The molecule has 0 amide bonds.